The fourth-order valence-electron chi connectivity index (χ4n) is 19.2. The van der Waals surface area contributed by atoms with Crippen LogP contribution in [0.25, 0.3) is 0 Å². The summed E-state index contributed by atoms with van der Waals surface area (Å²) in [6.07, 6.45) is 12.6. The van der Waals surface area contributed by atoms with E-state index in [1.165, 1.54) is 116 Å². The van der Waals surface area contributed by atoms with E-state index in [-0.39, 0.29) is 85.1 Å². The van der Waals surface area contributed by atoms with E-state index in [0.29, 0.717) is 74.7 Å². The molecular weight excluding hydrogens is 1850 g/mol. The summed E-state index contributed by atoms with van der Waals surface area (Å²) in [5.41, 5.74) is -8.78. The van der Waals surface area contributed by atoms with Crippen LogP contribution in [0.4, 0.5) is 79.0 Å². The predicted molar refractivity (Wildman–Crippen MR) is 554 cm³/mol. The number of β-amino-alcohol motifs (C(OH)–C–C–N with tert-alkyl or cyclic N) is 1. The molecule has 0 bridgehead atoms. The Balaban J connectivity index is 0.000000778. The summed E-state index contributed by atoms with van der Waals surface area (Å²) in [7, 11) is 1.80. The Hall–Kier alpha value is -1.78. The average molecular weight is 2060 g/mol. The van der Waals surface area contributed by atoms with Gasteiger partial charge in [0, 0.05) is 133 Å². The molecule has 6 unspecified atom stereocenters. The molecule has 0 aliphatic carbocycles. The van der Waals surface area contributed by atoms with Gasteiger partial charge in [-0.25, -0.2) is 65.9 Å². The molecule has 13 nitrogen and oxygen atoms in total. The summed E-state index contributed by atoms with van der Waals surface area (Å²) in [5, 5.41) is 9.55. The summed E-state index contributed by atoms with van der Waals surface area (Å²) >= 11 is 0. The third kappa shape index (κ3) is 51.9. The first-order chi connectivity index (χ1) is 62.7. The second-order valence-corrected chi connectivity index (χ2v) is 55.0. The van der Waals surface area contributed by atoms with Gasteiger partial charge in [-0.05, 0) is 450 Å². The molecular formula is C110H213F18N11O2. The number of alkyl halides is 18. The second kappa shape index (κ2) is 53.7. The van der Waals surface area contributed by atoms with Gasteiger partial charge in [-0.2, -0.15) is 13.2 Å². The second-order valence-electron chi connectivity index (χ2n) is 55.0. The van der Waals surface area contributed by atoms with Crippen molar-refractivity contribution in [2.45, 2.75) is 536 Å². The van der Waals surface area contributed by atoms with Crippen LogP contribution in [0.5, 0.6) is 0 Å². The molecule has 0 saturated carbocycles. The van der Waals surface area contributed by atoms with E-state index in [9.17, 15) is 84.1 Å². The van der Waals surface area contributed by atoms with Gasteiger partial charge in [-0.3, -0.25) is 53.9 Å². The van der Waals surface area contributed by atoms with E-state index in [1.54, 1.807) is 41.7 Å². The van der Waals surface area contributed by atoms with Crippen molar-refractivity contribution in [1.82, 2.24) is 53.9 Å². The molecule has 1 N–H and O–H groups in total. The normalized spacial score (nSPS) is 28.5. The van der Waals surface area contributed by atoms with Crippen LogP contribution in [0.15, 0.2) is 0 Å². The van der Waals surface area contributed by atoms with E-state index < -0.39 is 107 Å². The molecule has 0 aromatic rings. The van der Waals surface area contributed by atoms with Gasteiger partial charge in [0.2, 0.25) is 5.67 Å². The topological polar surface area (TPSA) is 65.1 Å². The SMILES string of the molecule is CC(C)(C)N1CC(F)(F)C(C)(F)C(F)(F)C1.CC(C)(C)N1CCCC(F)(F)C1.CC(C)(C)N1CCCC1.CC(C)(C)N1CCCCC(F)(F)C1.CC(C)(C)N1CCCCCC1.CC(C1CCN(C(C)(C)C)CC1)C(F)(F)F.CC1(F)CCCN(C(C)(C)C)CC1.CC1(F)CCN(C(C)(C)C)C1.CC1(F)CCN(C(C)(C)C)CC1O.CC1(F)CN(C(C)(C)C)CC(F)(F)C1.COCC1CCN(C(C)(C)C)CC1. The summed E-state index contributed by atoms with van der Waals surface area (Å²) in [6.45, 7) is 90.1. The highest BCUT2D eigenvalue weighted by atomic mass is 19.4. The number of halogens is 18. The smallest absolute Gasteiger partial charge is 0.388 e. The Morgan fingerprint density at radius 3 is 0.879 bits per heavy atom. The summed E-state index contributed by atoms with van der Waals surface area (Å²) in [4.78, 5) is 22.9. The lowest BCUT2D eigenvalue weighted by Crippen LogP contribution is -2.70. The van der Waals surface area contributed by atoms with Gasteiger partial charge in [0.1, 0.15) is 28.8 Å². The van der Waals surface area contributed by atoms with Crippen molar-refractivity contribution >= 4 is 0 Å². The largest absolute Gasteiger partial charge is 0.391 e. The van der Waals surface area contributed by atoms with Crippen LogP contribution in [0.2, 0.25) is 0 Å². The standard InChI is InChI=1S/C12H22F3N.C11H22FN.C11H23NO.C10H16F5N.C10H18F3N.C10H19F2N.C10H20FNO.C10H21N.C9H17F2N.C9H18FN.C8H17N/c1-9(12(13,14)15)10-5-7-16(8-6-10)11(2,3)4;1-10(2,3)13-8-5-6-11(4,12)7-9-13;1-11(2,3)12-7-5-10(6-8-12)9-13-4;1-7(2,3)16-5-9(12,13)8(4,11)10(14,15)6-16;1-8(2,3)14-6-9(4,11)5-10(12,13)7-14;1-9(2,3)13-7-5-4-6-10(11,12)8-13;1-9(2,3)12-6-5-10(4,11)8(13)7-12;1-10(2,3)11-8-6-4-5-7-9-11;1-8(2,3)12-6-4-5-9(10,11)7-12;1-8(2,3)11-6-5-9(4,10)7-11;1-8(2,3)9-6-4-5-7-9/h9-10H,5-8H2,1-4H3;5-9H2,1-4H3;10H,5-9H2,1-4H3;5-6H2,1-4H3;5-7H2,1-4H3;4-8H2,1-3H3;8,13H,5-7H2,1-4H3;4-9H2,1-3H3;4-7H2,1-3H3;5-7H2,1-4H3;4-7H2,1-3H3. The van der Waals surface area contributed by atoms with Crippen molar-refractivity contribution in [2.75, 3.05) is 158 Å². The zero-order chi connectivity index (χ0) is 110. The minimum Gasteiger partial charge on any atom is -0.388 e. The van der Waals surface area contributed by atoms with Gasteiger partial charge in [0.05, 0.1) is 38.6 Å². The highest BCUT2D eigenvalue weighted by Gasteiger charge is 2.71. The van der Waals surface area contributed by atoms with Gasteiger partial charge >= 0.3 is 6.18 Å². The zero-order valence-electron chi connectivity index (χ0n) is 97.0. The number of methoxy groups -OCH3 is 1. The quantitative estimate of drug-likeness (QED) is 0.273. The average Bonchev–Trinajstić information content (AvgIpc) is 0.903. The van der Waals surface area contributed by atoms with Crippen LogP contribution in [0, 0.1) is 17.8 Å². The molecule has 0 amide bonds. The number of piperidine rings is 6. The van der Waals surface area contributed by atoms with E-state index in [2.05, 4.69) is 180 Å². The molecule has 0 aromatic carbocycles. The van der Waals surface area contributed by atoms with Crippen LogP contribution in [0.3, 0.4) is 0 Å². The number of hydrogen-bond acceptors (Lipinski definition) is 13. The lowest BCUT2D eigenvalue weighted by molar-refractivity contribution is -0.286. The maximum Gasteiger partial charge on any atom is 0.391 e. The van der Waals surface area contributed by atoms with Crippen LogP contribution in [0.1, 0.15) is 405 Å². The lowest BCUT2D eigenvalue weighted by Gasteiger charge is -2.49. The number of likely N-dealkylation sites (tertiary alicyclic amines) is 11. The third-order valence-corrected chi connectivity index (χ3v) is 30.1. The summed E-state index contributed by atoms with van der Waals surface area (Å²) in [5.74, 6) is -16.5. The molecule has 31 heteroatoms. The highest BCUT2D eigenvalue weighted by Crippen LogP contribution is 2.50. The fourth-order valence-corrected chi connectivity index (χ4v) is 19.2. The first-order valence-electron chi connectivity index (χ1n) is 53.5. The first-order valence-corrected chi connectivity index (χ1v) is 53.5. The number of hydrogen-bond donors (Lipinski definition) is 1. The monoisotopic (exact) mass is 2060 g/mol. The maximum atomic E-state index is 13.7. The van der Waals surface area contributed by atoms with Gasteiger partial charge in [-0.1, -0.05) is 19.8 Å². The van der Waals surface area contributed by atoms with Crippen LogP contribution < -0.4 is 0 Å². The molecule has 846 valence electrons. The number of rotatable bonds is 3. The zero-order valence-corrected chi connectivity index (χ0v) is 97.0. The lowest BCUT2D eigenvalue weighted by atomic mass is 9.84. The van der Waals surface area contributed by atoms with Gasteiger partial charge in [0.25, 0.3) is 29.6 Å². The van der Waals surface area contributed by atoms with Crippen molar-refractivity contribution in [3.05, 3.63) is 0 Å². The van der Waals surface area contributed by atoms with Crippen molar-refractivity contribution in [3.63, 3.8) is 0 Å². The Morgan fingerprint density at radius 1 is 0.277 bits per heavy atom. The van der Waals surface area contributed by atoms with Gasteiger partial charge in [0.15, 0.2) is 0 Å². The molecule has 0 spiro atoms. The number of aliphatic hydroxyl groups excluding tert-OH is 1. The Labute approximate surface area is 850 Å². The Bertz CT molecular complexity index is 3360. The molecule has 0 radical (unpaired) electrons. The van der Waals surface area contributed by atoms with Crippen molar-refractivity contribution < 1.29 is 88.9 Å². The fraction of sp³-hybridized carbons (Fsp3) is 1.00. The number of nitrogens with zero attached hydrogens (tertiary/aromatic N) is 11. The van der Waals surface area contributed by atoms with Crippen molar-refractivity contribution in [2.24, 2.45) is 17.8 Å². The van der Waals surface area contributed by atoms with Crippen LogP contribution >= 0.6 is 0 Å². The van der Waals surface area contributed by atoms with E-state index >= 15 is 0 Å². The predicted octanol–water partition coefficient (Wildman–Crippen LogP) is 28.6. The molecule has 11 saturated heterocycles. The van der Waals surface area contributed by atoms with E-state index in [1.807, 2.05) is 72.1 Å². The van der Waals surface area contributed by atoms with Gasteiger partial charge in [-0.15, -0.1) is 0 Å². The van der Waals surface area contributed by atoms with Crippen molar-refractivity contribution in [3.8, 4) is 0 Å². The first kappa shape index (κ1) is 137. The minimum atomic E-state index is -4.05. The van der Waals surface area contributed by atoms with E-state index in [4.69, 9.17) is 4.74 Å². The van der Waals surface area contributed by atoms with Crippen molar-refractivity contribution in [1.29, 1.82) is 0 Å². The van der Waals surface area contributed by atoms with Gasteiger partial charge < -0.3 is 9.84 Å². The molecule has 11 heterocycles. The minimum absolute atomic E-state index is 0.0253. The summed E-state index contributed by atoms with van der Waals surface area (Å²) < 4.78 is 243. The molecule has 11 aliphatic heterocycles. The molecule has 11 rings (SSSR count). The van der Waals surface area contributed by atoms with Crippen LogP contribution in [-0.4, -0.2) is 348 Å². The van der Waals surface area contributed by atoms with E-state index in [0.717, 1.165) is 89.0 Å². The number of ether oxygens (including phenoxy) is 1. The Kier molecular flexibility index (Phi) is 52.2. The molecule has 11 fully saturated rings. The number of aliphatic hydroxyl groups is 1. The Morgan fingerprint density at radius 2 is 0.546 bits per heavy atom. The molecule has 141 heavy (non-hydrogen) atoms. The summed E-state index contributed by atoms with van der Waals surface area (Å²) in [6, 6.07) is 0. The molecule has 11 aliphatic rings. The maximum absolute atomic E-state index is 13.7. The molecule has 0 aromatic heterocycles. The molecule has 6 atom stereocenters. The van der Waals surface area contributed by atoms with Crippen LogP contribution in [-0.2, 0) is 4.74 Å². The third-order valence-electron chi connectivity index (χ3n) is 30.1. The highest BCUT2D eigenvalue weighted by molar-refractivity contribution is 5.10.